The summed E-state index contributed by atoms with van der Waals surface area (Å²) >= 11 is 7.40. The Kier molecular flexibility index (Phi) is 4.13. The lowest BCUT2D eigenvalue weighted by Gasteiger charge is -2.13. The third-order valence-electron chi connectivity index (χ3n) is 2.52. The zero-order valence-electron chi connectivity index (χ0n) is 10.4. The van der Waals surface area contributed by atoms with Crippen LogP contribution in [0.5, 0.6) is 0 Å². The molecule has 2 aromatic rings. The Balaban J connectivity index is 2.12. The van der Waals surface area contributed by atoms with Crippen molar-refractivity contribution >= 4 is 38.5 Å². The molecular weight excluding hydrogens is 304 g/mol. The van der Waals surface area contributed by atoms with Crippen LogP contribution in [0.2, 0.25) is 4.34 Å². The Bertz CT molecular complexity index is 665. The lowest BCUT2D eigenvalue weighted by Crippen LogP contribution is -2.06. The summed E-state index contributed by atoms with van der Waals surface area (Å²) in [5, 5.41) is 3.32. The number of nitrogens with zero attached hydrogens (tertiary/aromatic N) is 1. The minimum Gasteiger partial charge on any atom is -0.376 e. The first-order chi connectivity index (χ1) is 8.86. The van der Waals surface area contributed by atoms with Crippen LogP contribution in [-0.2, 0) is 9.84 Å². The maximum absolute atomic E-state index is 11.3. The standard InChI is InChI=1S/C12H13ClN2O2S2/c1-8(10-4-5-11(13)18-10)15-9-3-6-12(14-7-9)19(2,16)17/h3-8,15H,1-2H3. The third-order valence-corrected chi connectivity index (χ3v) is 4.94. The van der Waals surface area contributed by atoms with Crippen LogP contribution in [0.4, 0.5) is 5.69 Å². The van der Waals surface area contributed by atoms with Gasteiger partial charge < -0.3 is 5.32 Å². The molecule has 0 aliphatic rings. The fraction of sp³-hybridized carbons (Fsp3) is 0.250. The van der Waals surface area contributed by atoms with E-state index in [0.29, 0.717) is 0 Å². The molecule has 7 heteroatoms. The van der Waals surface area contributed by atoms with Crippen molar-refractivity contribution in [2.75, 3.05) is 11.6 Å². The van der Waals surface area contributed by atoms with Crippen LogP contribution in [0.3, 0.4) is 0 Å². The van der Waals surface area contributed by atoms with Crippen LogP contribution in [0.15, 0.2) is 35.5 Å². The summed E-state index contributed by atoms with van der Waals surface area (Å²) < 4.78 is 23.3. The molecule has 1 N–H and O–H groups in total. The number of rotatable bonds is 4. The Labute approximate surface area is 121 Å². The van der Waals surface area contributed by atoms with E-state index >= 15 is 0 Å². The molecule has 0 aliphatic heterocycles. The van der Waals surface area contributed by atoms with Crippen LogP contribution in [0.25, 0.3) is 0 Å². The Morgan fingerprint density at radius 2 is 2.05 bits per heavy atom. The second kappa shape index (κ2) is 5.48. The van der Waals surface area contributed by atoms with E-state index in [4.69, 9.17) is 11.6 Å². The van der Waals surface area contributed by atoms with E-state index < -0.39 is 9.84 Å². The highest BCUT2D eigenvalue weighted by Crippen LogP contribution is 2.28. The van der Waals surface area contributed by atoms with Gasteiger partial charge in [0.2, 0.25) is 0 Å². The molecule has 2 aromatic heterocycles. The van der Waals surface area contributed by atoms with Gasteiger partial charge in [0.25, 0.3) is 0 Å². The first-order valence-electron chi connectivity index (χ1n) is 5.54. The second-order valence-electron chi connectivity index (χ2n) is 4.17. The number of nitrogens with one attached hydrogen (secondary N) is 1. The Morgan fingerprint density at radius 3 is 2.53 bits per heavy atom. The topological polar surface area (TPSA) is 59.1 Å². The number of pyridine rings is 1. The predicted octanol–water partition coefficient (Wildman–Crippen LogP) is 3.37. The second-order valence-corrected chi connectivity index (χ2v) is 7.87. The smallest absolute Gasteiger partial charge is 0.192 e. The maximum atomic E-state index is 11.3. The number of thiophene rings is 1. The lowest BCUT2D eigenvalue weighted by molar-refractivity contribution is 0.598. The quantitative estimate of drug-likeness (QED) is 0.939. The van der Waals surface area contributed by atoms with Crippen LogP contribution >= 0.6 is 22.9 Å². The van der Waals surface area contributed by atoms with E-state index in [9.17, 15) is 8.42 Å². The molecule has 0 aromatic carbocycles. The molecule has 1 unspecified atom stereocenters. The first-order valence-corrected chi connectivity index (χ1v) is 8.63. The predicted molar refractivity (Wildman–Crippen MR) is 78.7 cm³/mol. The summed E-state index contributed by atoms with van der Waals surface area (Å²) in [6.45, 7) is 2.01. The summed E-state index contributed by atoms with van der Waals surface area (Å²) in [5.41, 5.74) is 0.768. The minimum atomic E-state index is -3.25. The van der Waals surface area contributed by atoms with E-state index in [2.05, 4.69) is 10.3 Å². The van der Waals surface area contributed by atoms with Crippen molar-refractivity contribution < 1.29 is 8.42 Å². The van der Waals surface area contributed by atoms with Gasteiger partial charge in [0.1, 0.15) is 0 Å². The van der Waals surface area contributed by atoms with Gasteiger partial charge in [0.15, 0.2) is 14.9 Å². The number of sulfone groups is 1. The van der Waals surface area contributed by atoms with Gasteiger partial charge in [0.05, 0.1) is 22.3 Å². The zero-order chi connectivity index (χ0) is 14.0. The molecule has 0 saturated heterocycles. The number of hydrogen-bond acceptors (Lipinski definition) is 5. The SMILES string of the molecule is CC(Nc1ccc(S(C)(=O)=O)nc1)c1ccc(Cl)s1. The van der Waals surface area contributed by atoms with Crippen LogP contribution in [0, 0.1) is 0 Å². The molecule has 4 nitrogen and oxygen atoms in total. The average molecular weight is 317 g/mol. The van der Waals surface area contributed by atoms with E-state index in [-0.39, 0.29) is 11.1 Å². The number of hydrogen-bond donors (Lipinski definition) is 1. The van der Waals surface area contributed by atoms with Crippen molar-refractivity contribution in [1.82, 2.24) is 4.98 Å². The monoisotopic (exact) mass is 316 g/mol. The normalized spacial score (nSPS) is 13.2. The van der Waals surface area contributed by atoms with Gasteiger partial charge in [-0.3, -0.25) is 0 Å². The summed E-state index contributed by atoms with van der Waals surface area (Å²) in [7, 11) is -3.25. The third kappa shape index (κ3) is 3.68. The fourth-order valence-corrected chi connectivity index (χ4v) is 3.19. The molecule has 102 valence electrons. The number of aromatic nitrogens is 1. The molecule has 0 saturated carbocycles. The van der Waals surface area contributed by atoms with Gasteiger partial charge in [-0.25, -0.2) is 13.4 Å². The molecule has 0 fully saturated rings. The number of anilines is 1. The van der Waals surface area contributed by atoms with Crippen molar-refractivity contribution in [3.05, 3.63) is 39.7 Å². The van der Waals surface area contributed by atoms with Gasteiger partial charge in [-0.05, 0) is 31.2 Å². The highest BCUT2D eigenvalue weighted by atomic mass is 35.5. The van der Waals surface area contributed by atoms with Crippen LogP contribution in [-0.4, -0.2) is 19.7 Å². The van der Waals surface area contributed by atoms with Crippen LogP contribution < -0.4 is 5.32 Å². The average Bonchev–Trinajstić information content (AvgIpc) is 2.75. The van der Waals surface area contributed by atoms with Crippen molar-refractivity contribution in [2.24, 2.45) is 0 Å². The number of halogens is 1. The summed E-state index contributed by atoms with van der Waals surface area (Å²) in [4.78, 5) is 5.04. The summed E-state index contributed by atoms with van der Waals surface area (Å²) in [6.07, 6.45) is 2.65. The van der Waals surface area contributed by atoms with Gasteiger partial charge in [-0.2, -0.15) is 0 Å². The molecule has 0 amide bonds. The molecule has 1 atom stereocenters. The molecule has 19 heavy (non-hydrogen) atoms. The highest BCUT2D eigenvalue weighted by Gasteiger charge is 2.11. The van der Waals surface area contributed by atoms with E-state index in [1.807, 2.05) is 19.1 Å². The van der Waals surface area contributed by atoms with E-state index in [1.54, 1.807) is 6.07 Å². The summed E-state index contributed by atoms with van der Waals surface area (Å²) in [6, 6.07) is 7.09. The zero-order valence-corrected chi connectivity index (χ0v) is 12.8. The minimum absolute atomic E-state index is 0.0740. The van der Waals surface area contributed by atoms with Crippen molar-refractivity contribution in [1.29, 1.82) is 0 Å². The van der Waals surface area contributed by atoms with Crippen molar-refractivity contribution in [3.8, 4) is 0 Å². The molecule has 2 heterocycles. The molecular formula is C12H13ClN2O2S2. The van der Waals surface area contributed by atoms with Gasteiger partial charge in [0, 0.05) is 11.1 Å². The maximum Gasteiger partial charge on any atom is 0.192 e. The fourth-order valence-electron chi connectivity index (χ4n) is 1.57. The molecule has 0 radical (unpaired) electrons. The van der Waals surface area contributed by atoms with Gasteiger partial charge in [-0.1, -0.05) is 11.6 Å². The van der Waals surface area contributed by atoms with Crippen molar-refractivity contribution in [2.45, 2.75) is 18.0 Å². The largest absolute Gasteiger partial charge is 0.376 e. The first kappa shape index (κ1) is 14.3. The highest BCUT2D eigenvalue weighted by molar-refractivity contribution is 7.90. The van der Waals surface area contributed by atoms with Gasteiger partial charge in [-0.15, -0.1) is 11.3 Å². The molecule has 0 bridgehead atoms. The van der Waals surface area contributed by atoms with Crippen LogP contribution in [0.1, 0.15) is 17.8 Å². The molecule has 0 aliphatic carbocycles. The Morgan fingerprint density at radius 1 is 1.32 bits per heavy atom. The van der Waals surface area contributed by atoms with Gasteiger partial charge >= 0.3 is 0 Å². The molecule has 2 rings (SSSR count). The lowest BCUT2D eigenvalue weighted by atomic mass is 10.2. The van der Waals surface area contributed by atoms with Crippen molar-refractivity contribution in [3.63, 3.8) is 0 Å². The van der Waals surface area contributed by atoms with E-state index in [0.717, 1.165) is 21.2 Å². The Hall–Kier alpha value is -1.11. The summed E-state index contributed by atoms with van der Waals surface area (Å²) in [5.74, 6) is 0. The van der Waals surface area contributed by atoms with E-state index in [1.165, 1.54) is 23.6 Å². The molecule has 0 spiro atoms.